The number of aromatic nitrogens is 2. The SMILES string of the molecule is CC1Cc2c(NC(=O)C[N+]3=CN=C4C3C(=O)N(C)C(=O)N4C)nn(C)c2NC1=O. The first-order valence-corrected chi connectivity index (χ1v) is 9.07. The molecule has 4 heterocycles. The number of fused-ring (bicyclic) bond motifs is 2. The minimum atomic E-state index is -0.828. The van der Waals surface area contributed by atoms with Crippen molar-refractivity contribution in [1.29, 1.82) is 0 Å². The first-order chi connectivity index (χ1) is 13.7. The lowest BCUT2D eigenvalue weighted by atomic mass is 9.98. The monoisotopic (exact) mass is 401 g/mol. The predicted molar refractivity (Wildman–Crippen MR) is 102 cm³/mol. The molecule has 3 aliphatic heterocycles. The first kappa shape index (κ1) is 18.8. The second-order valence-corrected chi connectivity index (χ2v) is 7.36. The smallest absolute Gasteiger partial charge is 0.310 e. The zero-order valence-electron chi connectivity index (χ0n) is 16.5. The number of nitrogens with one attached hydrogen (secondary N) is 2. The van der Waals surface area contributed by atoms with Crippen LogP contribution in [0.15, 0.2) is 4.99 Å². The van der Waals surface area contributed by atoms with Gasteiger partial charge in [-0.25, -0.2) is 9.37 Å². The third-order valence-corrected chi connectivity index (χ3v) is 5.33. The summed E-state index contributed by atoms with van der Waals surface area (Å²) in [6, 6.07) is -1.30. The average Bonchev–Trinajstić information content (AvgIpc) is 3.21. The van der Waals surface area contributed by atoms with E-state index in [4.69, 9.17) is 0 Å². The molecule has 0 spiro atoms. The molecular formula is C17H21N8O4+. The van der Waals surface area contributed by atoms with Gasteiger partial charge in [-0.15, -0.1) is 0 Å². The van der Waals surface area contributed by atoms with Gasteiger partial charge in [-0.3, -0.25) is 28.9 Å². The molecule has 12 nitrogen and oxygen atoms in total. The van der Waals surface area contributed by atoms with Crippen LogP contribution in [0.2, 0.25) is 0 Å². The topological polar surface area (TPSA) is 132 Å². The van der Waals surface area contributed by atoms with E-state index in [-0.39, 0.29) is 24.2 Å². The molecule has 2 atom stereocenters. The Labute approximate surface area is 165 Å². The van der Waals surface area contributed by atoms with Crippen LogP contribution in [0.1, 0.15) is 12.5 Å². The Bertz CT molecular complexity index is 1020. The van der Waals surface area contributed by atoms with E-state index in [9.17, 15) is 19.2 Å². The summed E-state index contributed by atoms with van der Waals surface area (Å²) in [5.41, 5.74) is 0.758. The molecule has 12 heteroatoms. The van der Waals surface area contributed by atoms with Crippen LogP contribution in [-0.4, -0.2) is 86.8 Å². The highest BCUT2D eigenvalue weighted by Gasteiger charge is 2.50. The fourth-order valence-electron chi connectivity index (χ4n) is 3.67. The number of hydrogen-bond acceptors (Lipinski definition) is 6. The highest BCUT2D eigenvalue weighted by molar-refractivity contribution is 6.21. The summed E-state index contributed by atoms with van der Waals surface area (Å²) in [6.07, 6.45) is 1.85. The summed E-state index contributed by atoms with van der Waals surface area (Å²) in [5, 5.41) is 9.83. The van der Waals surface area contributed by atoms with Crippen molar-refractivity contribution in [2.45, 2.75) is 19.4 Å². The number of aryl methyl sites for hydroxylation is 1. The third-order valence-electron chi connectivity index (χ3n) is 5.33. The number of amides is 5. The molecule has 1 aromatic heterocycles. The molecule has 2 unspecified atom stereocenters. The Morgan fingerprint density at radius 1 is 1.28 bits per heavy atom. The van der Waals surface area contributed by atoms with Crippen LogP contribution in [0.5, 0.6) is 0 Å². The molecule has 0 radical (unpaired) electrons. The van der Waals surface area contributed by atoms with E-state index in [1.165, 1.54) is 34.6 Å². The van der Waals surface area contributed by atoms with Gasteiger partial charge in [-0.2, -0.15) is 5.10 Å². The lowest BCUT2D eigenvalue weighted by Crippen LogP contribution is -2.61. The summed E-state index contributed by atoms with van der Waals surface area (Å²) < 4.78 is 2.99. The molecule has 0 saturated carbocycles. The number of likely N-dealkylation sites (N-methyl/N-ethyl adjacent to an activating group) is 2. The van der Waals surface area contributed by atoms with Crippen LogP contribution in [-0.2, 0) is 27.9 Å². The van der Waals surface area contributed by atoms with Crippen molar-refractivity contribution in [3.8, 4) is 0 Å². The summed E-state index contributed by atoms with van der Waals surface area (Å²) in [7, 11) is 4.61. The molecule has 1 saturated heterocycles. The van der Waals surface area contributed by atoms with Gasteiger partial charge in [-0.05, 0) is 11.4 Å². The number of carbonyl (C=O) groups excluding carboxylic acids is 4. The van der Waals surface area contributed by atoms with Gasteiger partial charge >= 0.3 is 6.03 Å². The third kappa shape index (κ3) is 2.87. The lowest BCUT2D eigenvalue weighted by molar-refractivity contribution is -0.519. The van der Waals surface area contributed by atoms with Gasteiger partial charge in [-0.1, -0.05) is 6.92 Å². The van der Waals surface area contributed by atoms with E-state index in [1.54, 1.807) is 14.0 Å². The molecule has 0 bridgehead atoms. The van der Waals surface area contributed by atoms with Gasteiger partial charge in [0, 0.05) is 32.6 Å². The number of carbonyl (C=O) groups is 4. The minimum absolute atomic E-state index is 0.0895. The zero-order chi connectivity index (χ0) is 21.0. The Kier molecular flexibility index (Phi) is 4.21. The molecule has 0 aromatic carbocycles. The van der Waals surface area contributed by atoms with Gasteiger partial charge in [0.1, 0.15) is 5.82 Å². The molecule has 29 heavy (non-hydrogen) atoms. The summed E-state index contributed by atoms with van der Waals surface area (Å²) in [5.74, 6) is 0.0722. The Morgan fingerprint density at radius 3 is 2.72 bits per heavy atom. The van der Waals surface area contributed by atoms with E-state index in [0.717, 1.165) is 10.5 Å². The number of hydrogen-bond donors (Lipinski definition) is 2. The standard InChI is InChI=1S/C17H20N8O4/c1-8-5-9-12(21-24(4)13(9)20-15(8)27)19-10(26)6-25-7-18-14-11(25)16(28)23(3)17(29)22(14)2/h7-8,11H,5-6H2,1-4H3,(H-,19,20,21,26,27)/p+1. The largest absolute Gasteiger partial charge is 0.333 e. The molecular weight excluding hydrogens is 380 g/mol. The fraction of sp³-hybridized carbons (Fsp3) is 0.471. The number of imide groups is 1. The van der Waals surface area contributed by atoms with Crippen LogP contribution in [0.3, 0.4) is 0 Å². The molecule has 152 valence electrons. The van der Waals surface area contributed by atoms with E-state index < -0.39 is 23.9 Å². The van der Waals surface area contributed by atoms with Crippen molar-refractivity contribution >= 4 is 47.6 Å². The highest BCUT2D eigenvalue weighted by Crippen LogP contribution is 2.31. The molecule has 0 aliphatic carbocycles. The number of aliphatic imine (C=N–C) groups is 1. The van der Waals surface area contributed by atoms with Gasteiger partial charge in [0.05, 0.1) is 0 Å². The zero-order valence-corrected chi connectivity index (χ0v) is 16.5. The highest BCUT2D eigenvalue weighted by atomic mass is 16.2. The maximum atomic E-state index is 12.7. The van der Waals surface area contributed by atoms with E-state index >= 15 is 0 Å². The van der Waals surface area contributed by atoms with Gasteiger partial charge in [0.25, 0.3) is 30.0 Å². The lowest BCUT2D eigenvalue weighted by Gasteiger charge is -2.30. The van der Waals surface area contributed by atoms with Crippen molar-refractivity contribution in [2.24, 2.45) is 18.0 Å². The summed E-state index contributed by atoms with van der Waals surface area (Å²) in [4.78, 5) is 55.5. The van der Waals surface area contributed by atoms with Crippen molar-refractivity contribution in [3.05, 3.63) is 5.56 Å². The van der Waals surface area contributed by atoms with Crippen molar-refractivity contribution in [2.75, 3.05) is 31.3 Å². The van der Waals surface area contributed by atoms with Gasteiger partial charge < -0.3 is 10.6 Å². The number of amidine groups is 1. The number of urea groups is 1. The van der Waals surface area contributed by atoms with Crippen LogP contribution in [0, 0.1) is 5.92 Å². The normalized spacial score (nSPS) is 23.4. The maximum absolute atomic E-state index is 12.7. The molecule has 1 aromatic rings. The average molecular weight is 401 g/mol. The van der Waals surface area contributed by atoms with Crippen molar-refractivity contribution < 1.29 is 23.8 Å². The van der Waals surface area contributed by atoms with E-state index in [2.05, 4.69) is 20.7 Å². The molecule has 4 rings (SSSR count). The predicted octanol–water partition coefficient (Wildman–Crippen LogP) is -1.17. The summed E-state index contributed by atoms with van der Waals surface area (Å²) in [6.45, 7) is 1.66. The van der Waals surface area contributed by atoms with E-state index in [1.807, 2.05) is 0 Å². The van der Waals surface area contributed by atoms with Crippen molar-refractivity contribution in [1.82, 2.24) is 19.6 Å². The quantitative estimate of drug-likeness (QED) is 0.617. The van der Waals surface area contributed by atoms with Crippen LogP contribution in [0.4, 0.5) is 16.4 Å². The van der Waals surface area contributed by atoms with Gasteiger partial charge in [0.2, 0.25) is 5.91 Å². The van der Waals surface area contributed by atoms with Gasteiger partial charge in [0.15, 0.2) is 12.4 Å². The van der Waals surface area contributed by atoms with Crippen LogP contribution < -0.4 is 10.6 Å². The Morgan fingerprint density at radius 2 is 2.00 bits per heavy atom. The molecule has 3 aliphatic rings. The second-order valence-electron chi connectivity index (χ2n) is 7.36. The van der Waals surface area contributed by atoms with Crippen molar-refractivity contribution in [3.63, 3.8) is 0 Å². The second kappa shape index (κ2) is 6.50. The number of rotatable bonds is 3. The fourth-order valence-corrected chi connectivity index (χ4v) is 3.67. The Balaban J connectivity index is 1.50. The molecule has 1 fully saturated rings. The van der Waals surface area contributed by atoms with E-state index in [0.29, 0.717) is 18.1 Å². The maximum Gasteiger partial charge on any atom is 0.333 e. The van der Waals surface area contributed by atoms with Crippen LogP contribution >= 0.6 is 0 Å². The number of anilines is 2. The number of nitrogens with zero attached hydrogens (tertiary/aromatic N) is 6. The van der Waals surface area contributed by atoms with Crippen LogP contribution in [0.25, 0.3) is 0 Å². The molecule has 2 N–H and O–H groups in total. The minimum Gasteiger partial charge on any atom is -0.310 e. The Hall–Kier alpha value is -3.57. The summed E-state index contributed by atoms with van der Waals surface area (Å²) >= 11 is 0. The molecule has 5 amide bonds. The first-order valence-electron chi connectivity index (χ1n) is 9.07.